The minimum absolute atomic E-state index is 0.0729. The summed E-state index contributed by atoms with van der Waals surface area (Å²) in [5.41, 5.74) is 2.06. The second kappa shape index (κ2) is 7.57. The maximum absolute atomic E-state index is 13.3. The molecule has 162 valence electrons. The molecule has 0 aliphatic heterocycles. The van der Waals surface area contributed by atoms with Gasteiger partial charge in [-0.3, -0.25) is 18.6 Å². The molecule has 4 aromatic rings. The third kappa shape index (κ3) is 3.26. The molecule has 1 aromatic carbocycles. The molecule has 0 aliphatic carbocycles. The SMILES string of the molecule is Cc1c(C)n2c3c(=O)n(CC(=O)OCc4ccccc4)c(=O)n(C)c3nc2n1C(C)C. The van der Waals surface area contributed by atoms with Gasteiger partial charge in [-0.15, -0.1) is 0 Å². The van der Waals surface area contributed by atoms with E-state index in [2.05, 4.69) is 4.98 Å². The molecular formula is C22H25N5O4. The molecule has 0 N–H and O–H groups in total. The van der Waals surface area contributed by atoms with E-state index < -0.39 is 23.8 Å². The largest absolute Gasteiger partial charge is 0.459 e. The highest BCUT2D eigenvalue weighted by Gasteiger charge is 2.24. The van der Waals surface area contributed by atoms with Crippen LogP contribution in [-0.4, -0.2) is 29.1 Å². The number of ether oxygens (including phenoxy) is 1. The van der Waals surface area contributed by atoms with Gasteiger partial charge in [0.15, 0.2) is 11.2 Å². The lowest BCUT2D eigenvalue weighted by molar-refractivity contribution is -0.145. The Morgan fingerprint density at radius 2 is 1.77 bits per heavy atom. The fourth-order valence-electron chi connectivity index (χ4n) is 3.95. The van der Waals surface area contributed by atoms with Crippen LogP contribution in [0.25, 0.3) is 16.9 Å². The minimum Gasteiger partial charge on any atom is -0.459 e. The first kappa shape index (κ1) is 20.6. The third-order valence-corrected chi connectivity index (χ3v) is 5.61. The van der Waals surface area contributed by atoms with Gasteiger partial charge in [-0.25, -0.2) is 9.36 Å². The first-order chi connectivity index (χ1) is 14.7. The molecule has 0 spiro atoms. The Balaban J connectivity index is 1.80. The van der Waals surface area contributed by atoms with Gasteiger partial charge in [0.25, 0.3) is 5.56 Å². The molecule has 0 saturated carbocycles. The number of nitrogens with zero attached hydrogens (tertiary/aromatic N) is 5. The lowest BCUT2D eigenvalue weighted by Crippen LogP contribution is -2.41. The molecule has 0 unspecified atom stereocenters. The van der Waals surface area contributed by atoms with Gasteiger partial charge in [-0.05, 0) is 33.3 Å². The number of imidazole rings is 2. The summed E-state index contributed by atoms with van der Waals surface area (Å²) < 4.78 is 11.3. The topological polar surface area (TPSA) is 92.5 Å². The van der Waals surface area contributed by atoms with E-state index in [0.29, 0.717) is 5.78 Å². The van der Waals surface area contributed by atoms with Gasteiger partial charge in [0.1, 0.15) is 13.2 Å². The van der Waals surface area contributed by atoms with E-state index in [1.54, 1.807) is 11.4 Å². The fraction of sp³-hybridized carbons (Fsp3) is 0.364. The average molecular weight is 423 g/mol. The molecule has 0 amide bonds. The van der Waals surface area contributed by atoms with Gasteiger partial charge < -0.3 is 9.30 Å². The van der Waals surface area contributed by atoms with Gasteiger partial charge in [-0.1, -0.05) is 30.3 Å². The molecule has 9 nitrogen and oxygen atoms in total. The number of benzene rings is 1. The van der Waals surface area contributed by atoms with Gasteiger partial charge in [0.05, 0.1) is 0 Å². The van der Waals surface area contributed by atoms with E-state index in [0.717, 1.165) is 21.5 Å². The second-order valence-electron chi connectivity index (χ2n) is 7.93. The highest BCUT2D eigenvalue weighted by atomic mass is 16.5. The van der Waals surface area contributed by atoms with Crippen LogP contribution < -0.4 is 11.2 Å². The summed E-state index contributed by atoms with van der Waals surface area (Å²) in [7, 11) is 1.55. The van der Waals surface area contributed by atoms with E-state index >= 15 is 0 Å². The molecule has 0 radical (unpaired) electrons. The fourth-order valence-corrected chi connectivity index (χ4v) is 3.95. The van der Waals surface area contributed by atoms with Crippen molar-refractivity contribution in [3.63, 3.8) is 0 Å². The van der Waals surface area contributed by atoms with E-state index in [1.165, 1.54) is 4.57 Å². The van der Waals surface area contributed by atoms with Crippen molar-refractivity contribution < 1.29 is 9.53 Å². The molecule has 4 rings (SSSR count). The maximum atomic E-state index is 13.3. The van der Waals surface area contributed by atoms with E-state index in [4.69, 9.17) is 4.74 Å². The van der Waals surface area contributed by atoms with Gasteiger partial charge in [0, 0.05) is 24.5 Å². The average Bonchev–Trinajstić information content (AvgIpc) is 3.24. The Bertz CT molecular complexity index is 1420. The summed E-state index contributed by atoms with van der Waals surface area (Å²) in [4.78, 5) is 43.1. The van der Waals surface area contributed by atoms with E-state index in [1.807, 2.05) is 62.6 Å². The van der Waals surface area contributed by atoms with Crippen LogP contribution in [0, 0.1) is 13.8 Å². The quantitative estimate of drug-likeness (QED) is 0.458. The zero-order chi connectivity index (χ0) is 22.4. The van der Waals surface area contributed by atoms with Crippen LogP contribution in [0.5, 0.6) is 0 Å². The first-order valence-electron chi connectivity index (χ1n) is 10.1. The van der Waals surface area contributed by atoms with E-state index in [9.17, 15) is 14.4 Å². The summed E-state index contributed by atoms with van der Waals surface area (Å²) in [6, 6.07) is 9.34. The summed E-state index contributed by atoms with van der Waals surface area (Å²) >= 11 is 0. The van der Waals surface area contributed by atoms with Crippen molar-refractivity contribution in [3.05, 3.63) is 68.1 Å². The zero-order valence-electron chi connectivity index (χ0n) is 18.2. The van der Waals surface area contributed by atoms with Crippen molar-refractivity contribution in [2.75, 3.05) is 0 Å². The van der Waals surface area contributed by atoms with Crippen LogP contribution in [0.1, 0.15) is 36.8 Å². The zero-order valence-corrected chi connectivity index (χ0v) is 18.2. The summed E-state index contributed by atoms with van der Waals surface area (Å²) in [6.07, 6.45) is 0. The molecule has 3 heterocycles. The predicted octanol–water partition coefficient (Wildman–Crippen LogP) is 2.09. The molecule has 0 aliphatic rings. The van der Waals surface area contributed by atoms with Crippen LogP contribution in [0.3, 0.4) is 0 Å². The van der Waals surface area contributed by atoms with Crippen LogP contribution >= 0.6 is 0 Å². The van der Waals surface area contributed by atoms with Gasteiger partial charge in [0.2, 0.25) is 5.78 Å². The second-order valence-corrected chi connectivity index (χ2v) is 7.93. The lowest BCUT2D eigenvalue weighted by atomic mass is 10.2. The van der Waals surface area contributed by atoms with Crippen molar-refractivity contribution in [2.45, 2.75) is 46.9 Å². The van der Waals surface area contributed by atoms with Gasteiger partial charge in [-0.2, -0.15) is 4.98 Å². The first-order valence-corrected chi connectivity index (χ1v) is 10.1. The summed E-state index contributed by atoms with van der Waals surface area (Å²) in [5, 5.41) is 0. The van der Waals surface area contributed by atoms with Crippen LogP contribution in [0.4, 0.5) is 0 Å². The summed E-state index contributed by atoms with van der Waals surface area (Å²) in [6.45, 7) is 7.55. The third-order valence-electron chi connectivity index (χ3n) is 5.61. The number of rotatable bonds is 5. The summed E-state index contributed by atoms with van der Waals surface area (Å²) in [5.74, 6) is -0.0627. The number of aryl methyl sites for hydroxylation is 2. The Morgan fingerprint density at radius 1 is 1.10 bits per heavy atom. The minimum atomic E-state index is -0.657. The standard InChI is InChI=1S/C22H25N5O4/c1-13(2)26-14(3)15(4)27-18-19(23-21(26)27)24(5)22(30)25(20(18)29)11-17(28)31-12-16-9-7-6-8-10-16/h6-10,13H,11-12H2,1-5H3. The maximum Gasteiger partial charge on any atom is 0.333 e. The number of hydrogen-bond acceptors (Lipinski definition) is 5. The molecule has 0 atom stereocenters. The molecular weight excluding hydrogens is 398 g/mol. The number of carbonyl (C=O) groups is 1. The van der Waals surface area contributed by atoms with Crippen molar-refractivity contribution >= 4 is 22.9 Å². The smallest absolute Gasteiger partial charge is 0.333 e. The normalized spacial score (nSPS) is 11.7. The monoisotopic (exact) mass is 423 g/mol. The highest BCUT2D eigenvalue weighted by Crippen LogP contribution is 2.23. The highest BCUT2D eigenvalue weighted by molar-refractivity contribution is 5.77. The van der Waals surface area contributed by atoms with Crippen molar-refractivity contribution in [1.82, 2.24) is 23.1 Å². The van der Waals surface area contributed by atoms with Crippen LogP contribution in [0.2, 0.25) is 0 Å². The molecule has 0 fully saturated rings. The molecule has 0 bridgehead atoms. The van der Waals surface area contributed by atoms with Crippen molar-refractivity contribution in [1.29, 1.82) is 0 Å². The lowest BCUT2D eigenvalue weighted by Gasteiger charge is -2.10. The number of esters is 1. The molecule has 31 heavy (non-hydrogen) atoms. The molecule has 0 saturated heterocycles. The van der Waals surface area contributed by atoms with Crippen molar-refractivity contribution in [2.24, 2.45) is 7.05 Å². The van der Waals surface area contributed by atoms with Crippen molar-refractivity contribution in [3.8, 4) is 0 Å². The number of fused-ring (bicyclic) bond motifs is 3. The van der Waals surface area contributed by atoms with E-state index in [-0.39, 0.29) is 23.8 Å². The number of carbonyl (C=O) groups excluding carboxylic acids is 1. The Labute approximate surface area is 178 Å². The number of hydrogen-bond donors (Lipinski definition) is 0. The Hall–Kier alpha value is -3.62. The Kier molecular flexibility index (Phi) is 5.04. The predicted molar refractivity (Wildman–Crippen MR) is 116 cm³/mol. The van der Waals surface area contributed by atoms with Crippen LogP contribution in [-0.2, 0) is 29.7 Å². The number of aromatic nitrogens is 5. The molecule has 9 heteroatoms. The molecule has 3 aromatic heterocycles. The Morgan fingerprint density at radius 3 is 2.42 bits per heavy atom. The van der Waals surface area contributed by atoms with Gasteiger partial charge >= 0.3 is 11.7 Å². The van der Waals surface area contributed by atoms with Crippen LogP contribution in [0.15, 0.2) is 39.9 Å².